The number of aromatic nitrogens is 4. The molecule has 0 unspecified atom stereocenters. The van der Waals surface area contributed by atoms with E-state index in [1.807, 2.05) is 30.7 Å². The summed E-state index contributed by atoms with van der Waals surface area (Å²) in [5, 5.41) is 11.0. The molecule has 0 bridgehead atoms. The molecule has 3 aromatic rings. The molecule has 3 rings (SSSR count). The van der Waals surface area contributed by atoms with E-state index in [4.69, 9.17) is 4.52 Å². The first-order valence-electron chi connectivity index (χ1n) is 7.85. The Kier molecular flexibility index (Phi) is 4.98. The zero-order valence-corrected chi connectivity index (χ0v) is 15.8. The monoisotopic (exact) mass is 403 g/mol. The smallest absolute Gasteiger partial charge is 0.251 e. The number of hydrogen-bond acceptors (Lipinski definition) is 5. The molecule has 1 N–H and O–H groups in total. The standard InChI is InChI=1S/C17H18BrN5O2/c1-10-16(18)11(2)23(21-10)14-6-4-13(5-7-14)17(24)19-9-8-15-20-12(3)22-25-15/h4-7H,8-9H2,1-3H3,(H,19,24). The van der Waals surface area contributed by atoms with Crippen molar-refractivity contribution >= 4 is 21.8 Å². The van der Waals surface area contributed by atoms with E-state index in [9.17, 15) is 4.79 Å². The third-order valence-electron chi connectivity index (χ3n) is 3.77. The fourth-order valence-electron chi connectivity index (χ4n) is 2.46. The van der Waals surface area contributed by atoms with E-state index in [0.29, 0.717) is 30.2 Å². The predicted octanol–water partition coefficient (Wildman–Crippen LogP) is 2.92. The Morgan fingerprint density at radius 3 is 2.52 bits per heavy atom. The number of rotatable bonds is 5. The van der Waals surface area contributed by atoms with Crippen LogP contribution in [-0.4, -0.2) is 32.4 Å². The van der Waals surface area contributed by atoms with Crippen molar-refractivity contribution in [1.82, 2.24) is 25.2 Å². The highest BCUT2D eigenvalue weighted by molar-refractivity contribution is 9.10. The van der Waals surface area contributed by atoms with Crippen LogP contribution in [0.3, 0.4) is 0 Å². The van der Waals surface area contributed by atoms with Gasteiger partial charge in [-0.1, -0.05) is 5.16 Å². The van der Waals surface area contributed by atoms with E-state index < -0.39 is 0 Å². The van der Waals surface area contributed by atoms with Gasteiger partial charge in [0.2, 0.25) is 5.89 Å². The lowest BCUT2D eigenvalue weighted by Gasteiger charge is -2.07. The third kappa shape index (κ3) is 3.79. The number of nitrogens with one attached hydrogen (secondary N) is 1. The normalized spacial score (nSPS) is 10.9. The minimum Gasteiger partial charge on any atom is -0.352 e. The molecular weight excluding hydrogens is 386 g/mol. The molecule has 130 valence electrons. The molecule has 2 heterocycles. The van der Waals surface area contributed by atoms with Crippen LogP contribution >= 0.6 is 15.9 Å². The highest BCUT2D eigenvalue weighted by Crippen LogP contribution is 2.23. The lowest BCUT2D eigenvalue weighted by molar-refractivity contribution is 0.0953. The number of carbonyl (C=O) groups excluding carboxylic acids is 1. The molecule has 1 amide bonds. The van der Waals surface area contributed by atoms with Gasteiger partial charge in [-0.05, 0) is 61.0 Å². The zero-order chi connectivity index (χ0) is 18.0. The molecule has 0 saturated heterocycles. The third-order valence-corrected chi connectivity index (χ3v) is 4.92. The highest BCUT2D eigenvalue weighted by Gasteiger charge is 2.11. The first-order chi connectivity index (χ1) is 12.0. The van der Waals surface area contributed by atoms with Crippen LogP contribution in [0.25, 0.3) is 5.69 Å². The number of carbonyl (C=O) groups is 1. The lowest BCUT2D eigenvalue weighted by Crippen LogP contribution is -2.25. The van der Waals surface area contributed by atoms with Gasteiger partial charge in [0.05, 0.1) is 21.5 Å². The van der Waals surface area contributed by atoms with Crippen LogP contribution in [0, 0.1) is 20.8 Å². The minimum atomic E-state index is -0.141. The van der Waals surface area contributed by atoms with Crippen molar-refractivity contribution in [1.29, 1.82) is 0 Å². The molecular formula is C17H18BrN5O2. The summed E-state index contributed by atoms with van der Waals surface area (Å²) in [6.45, 7) is 6.13. The topological polar surface area (TPSA) is 85.8 Å². The Bertz CT molecular complexity index is 898. The molecule has 0 aliphatic heterocycles. The van der Waals surface area contributed by atoms with Crippen LogP contribution in [0.15, 0.2) is 33.3 Å². The van der Waals surface area contributed by atoms with Crippen LogP contribution in [0.5, 0.6) is 0 Å². The average molecular weight is 404 g/mol. The van der Waals surface area contributed by atoms with Crippen molar-refractivity contribution in [2.24, 2.45) is 0 Å². The van der Waals surface area contributed by atoms with E-state index in [1.165, 1.54) is 0 Å². The zero-order valence-electron chi connectivity index (χ0n) is 14.2. The van der Waals surface area contributed by atoms with E-state index in [1.54, 1.807) is 19.1 Å². The molecule has 0 radical (unpaired) electrons. The van der Waals surface area contributed by atoms with Crippen LogP contribution in [0.2, 0.25) is 0 Å². The summed E-state index contributed by atoms with van der Waals surface area (Å²) < 4.78 is 7.85. The SMILES string of the molecule is Cc1noc(CCNC(=O)c2ccc(-n3nc(C)c(Br)c3C)cc2)n1. The Balaban J connectivity index is 1.63. The van der Waals surface area contributed by atoms with Crippen LogP contribution in [0.1, 0.15) is 33.5 Å². The molecule has 0 fully saturated rings. The predicted molar refractivity (Wildman–Crippen MR) is 95.8 cm³/mol. The first kappa shape index (κ1) is 17.3. The Morgan fingerprint density at radius 2 is 1.96 bits per heavy atom. The number of benzene rings is 1. The van der Waals surface area contributed by atoms with Crippen molar-refractivity contribution in [2.45, 2.75) is 27.2 Å². The summed E-state index contributed by atoms with van der Waals surface area (Å²) >= 11 is 3.52. The van der Waals surface area contributed by atoms with Crippen molar-refractivity contribution in [3.8, 4) is 5.69 Å². The molecule has 8 heteroatoms. The number of hydrogen-bond donors (Lipinski definition) is 1. The minimum absolute atomic E-state index is 0.141. The first-order valence-corrected chi connectivity index (χ1v) is 8.64. The van der Waals surface area contributed by atoms with Crippen LogP contribution in [-0.2, 0) is 6.42 Å². The molecule has 7 nitrogen and oxygen atoms in total. The van der Waals surface area contributed by atoms with Gasteiger partial charge in [-0.2, -0.15) is 10.1 Å². The van der Waals surface area contributed by atoms with Crippen molar-refractivity contribution in [3.63, 3.8) is 0 Å². The maximum atomic E-state index is 12.2. The van der Waals surface area contributed by atoms with E-state index in [0.717, 1.165) is 21.5 Å². The lowest BCUT2D eigenvalue weighted by atomic mass is 10.2. The van der Waals surface area contributed by atoms with Gasteiger partial charge in [0.1, 0.15) is 0 Å². The average Bonchev–Trinajstić information content (AvgIpc) is 3.13. The summed E-state index contributed by atoms with van der Waals surface area (Å²) in [4.78, 5) is 16.3. The quantitative estimate of drug-likeness (QED) is 0.707. The summed E-state index contributed by atoms with van der Waals surface area (Å²) in [5.41, 5.74) is 3.44. The van der Waals surface area contributed by atoms with Gasteiger partial charge in [-0.3, -0.25) is 4.79 Å². The molecule has 1 aromatic carbocycles. The fraction of sp³-hybridized carbons (Fsp3) is 0.294. The fourth-order valence-corrected chi connectivity index (χ4v) is 2.70. The van der Waals surface area contributed by atoms with Crippen molar-refractivity contribution in [2.75, 3.05) is 6.54 Å². The maximum absolute atomic E-state index is 12.2. The molecule has 0 saturated carbocycles. The molecule has 0 atom stereocenters. The second-order valence-corrected chi connectivity index (χ2v) is 6.48. The largest absolute Gasteiger partial charge is 0.352 e. The van der Waals surface area contributed by atoms with Gasteiger partial charge < -0.3 is 9.84 Å². The summed E-state index contributed by atoms with van der Waals surface area (Å²) in [5.74, 6) is 0.966. The number of halogens is 1. The van der Waals surface area contributed by atoms with Gasteiger partial charge in [0.15, 0.2) is 5.82 Å². The molecule has 0 aliphatic rings. The molecule has 0 aliphatic carbocycles. The van der Waals surface area contributed by atoms with Crippen LogP contribution < -0.4 is 5.32 Å². The summed E-state index contributed by atoms with van der Waals surface area (Å²) in [7, 11) is 0. The Labute approximate surface area is 153 Å². The maximum Gasteiger partial charge on any atom is 0.251 e. The van der Waals surface area contributed by atoms with Crippen molar-refractivity contribution in [3.05, 3.63) is 57.4 Å². The van der Waals surface area contributed by atoms with E-state index in [-0.39, 0.29) is 5.91 Å². The van der Waals surface area contributed by atoms with Gasteiger partial charge >= 0.3 is 0 Å². The Morgan fingerprint density at radius 1 is 1.24 bits per heavy atom. The highest BCUT2D eigenvalue weighted by atomic mass is 79.9. The Hall–Kier alpha value is -2.48. The summed E-state index contributed by atoms with van der Waals surface area (Å²) in [6, 6.07) is 7.32. The van der Waals surface area contributed by atoms with E-state index in [2.05, 4.69) is 36.5 Å². The number of amides is 1. The molecule has 2 aromatic heterocycles. The van der Waals surface area contributed by atoms with Gasteiger partial charge in [-0.25, -0.2) is 4.68 Å². The van der Waals surface area contributed by atoms with Gasteiger partial charge in [0, 0.05) is 18.5 Å². The second-order valence-electron chi connectivity index (χ2n) is 5.68. The molecule has 0 spiro atoms. The van der Waals surface area contributed by atoms with Gasteiger partial charge in [-0.15, -0.1) is 0 Å². The number of nitrogens with zero attached hydrogens (tertiary/aromatic N) is 4. The molecule has 25 heavy (non-hydrogen) atoms. The summed E-state index contributed by atoms with van der Waals surface area (Å²) in [6.07, 6.45) is 0.504. The van der Waals surface area contributed by atoms with Crippen LogP contribution in [0.4, 0.5) is 0 Å². The number of aryl methyl sites for hydroxylation is 2. The van der Waals surface area contributed by atoms with Crippen molar-refractivity contribution < 1.29 is 9.32 Å². The second kappa shape index (κ2) is 7.18. The van der Waals surface area contributed by atoms with E-state index >= 15 is 0 Å². The van der Waals surface area contributed by atoms with Gasteiger partial charge in [0.25, 0.3) is 5.91 Å².